The van der Waals surface area contributed by atoms with E-state index in [1.165, 1.54) is 42.5 Å². The number of carbonyl (C=O) groups excluding carboxylic acids is 1. The molecule has 3 aromatic rings. The second-order valence-corrected chi connectivity index (χ2v) is 8.93. The number of carbonyl (C=O) groups is 1. The molecule has 1 aliphatic heterocycles. The first-order valence-electron chi connectivity index (χ1n) is 9.82. The fourth-order valence-corrected chi connectivity index (χ4v) is 4.44. The molecule has 13 heteroatoms. The summed E-state index contributed by atoms with van der Waals surface area (Å²) in [5.41, 5.74) is -0.367. The quantitative estimate of drug-likeness (QED) is 0.406. The number of anilines is 1. The lowest BCUT2D eigenvalue weighted by molar-refractivity contribution is -0.384. The van der Waals surface area contributed by atoms with E-state index >= 15 is 0 Å². The van der Waals surface area contributed by atoms with Gasteiger partial charge in [-0.2, -0.15) is 0 Å². The van der Waals surface area contributed by atoms with Crippen LogP contribution < -0.4 is 15.6 Å². The molecule has 1 amide bonds. The summed E-state index contributed by atoms with van der Waals surface area (Å²) < 4.78 is 28.6. The number of nitro benzene ring substituents is 1. The summed E-state index contributed by atoms with van der Waals surface area (Å²) in [6, 6.07) is 9.35. The number of amides is 1. The third-order valence-electron chi connectivity index (χ3n) is 4.89. The van der Waals surface area contributed by atoms with Crippen LogP contribution >= 0.6 is 0 Å². The Morgan fingerprint density at radius 3 is 2.76 bits per heavy atom. The monoisotopic (exact) mass is 470 g/mol. The Kier molecular flexibility index (Phi) is 5.87. The lowest BCUT2D eigenvalue weighted by atomic mass is 10.2. The molecular weight excluding hydrogens is 452 g/mol. The maximum absolute atomic E-state index is 12.6. The molecule has 0 spiro atoms. The minimum atomic E-state index is -3.85. The Morgan fingerprint density at radius 2 is 2.03 bits per heavy atom. The minimum Gasteiger partial charge on any atom is -0.324 e. The zero-order valence-electron chi connectivity index (χ0n) is 17.1. The minimum absolute atomic E-state index is 0.0407. The van der Waals surface area contributed by atoms with Crippen molar-refractivity contribution in [2.45, 2.75) is 24.3 Å². The van der Waals surface area contributed by atoms with Crippen LogP contribution in [0.5, 0.6) is 0 Å². The number of fused-ring (bicyclic) bond motifs is 1. The predicted octanol–water partition coefficient (Wildman–Crippen LogP) is 1.41. The number of aliphatic imine (C=N–C) groups is 1. The standard InChI is InChI=1S/C20H18N6O6S/c27-19(11-25-12-22-17-10-14(26(29)30)6-7-16(17)20(25)28)23-13-3-1-4-15(9-13)33(31,32)24-18-5-2-8-21-18/h1,3-4,6-7,9-10,12H,2,5,8,11H2,(H,21,24)(H,23,27). The van der Waals surface area contributed by atoms with Gasteiger partial charge < -0.3 is 5.32 Å². The highest BCUT2D eigenvalue weighted by molar-refractivity contribution is 7.90. The molecule has 2 aromatic carbocycles. The second kappa shape index (κ2) is 8.78. The molecule has 1 aromatic heterocycles. The number of non-ortho nitro benzene ring substituents is 1. The van der Waals surface area contributed by atoms with E-state index in [1.807, 2.05) is 0 Å². The van der Waals surface area contributed by atoms with E-state index in [0.717, 1.165) is 17.3 Å². The number of benzene rings is 2. The Bertz CT molecular complexity index is 1460. The van der Waals surface area contributed by atoms with Crippen molar-refractivity contribution in [3.63, 3.8) is 0 Å². The Morgan fingerprint density at radius 1 is 1.21 bits per heavy atom. The van der Waals surface area contributed by atoms with E-state index in [0.29, 0.717) is 18.8 Å². The molecule has 12 nitrogen and oxygen atoms in total. The first kappa shape index (κ1) is 22.1. The van der Waals surface area contributed by atoms with Gasteiger partial charge in [-0.05, 0) is 30.7 Å². The van der Waals surface area contributed by atoms with E-state index in [-0.39, 0.29) is 33.7 Å². The summed E-state index contributed by atoms with van der Waals surface area (Å²) in [5, 5.41) is 13.6. The van der Waals surface area contributed by atoms with Gasteiger partial charge in [0.1, 0.15) is 12.4 Å². The zero-order chi connectivity index (χ0) is 23.6. The maximum atomic E-state index is 12.6. The molecule has 0 saturated carbocycles. The molecule has 2 N–H and O–H groups in total. The highest BCUT2D eigenvalue weighted by Gasteiger charge is 2.19. The summed E-state index contributed by atoms with van der Waals surface area (Å²) >= 11 is 0. The normalized spacial score (nSPS) is 13.5. The van der Waals surface area contributed by atoms with Gasteiger partial charge in [0.25, 0.3) is 21.3 Å². The molecule has 0 atom stereocenters. The third kappa shape index (κ3) is 4.87. The van der Waals surface area contributed by atoms with Crippen LogP contribution in [0.1, 0.15) is 12.8 Å². The van der Waals surface area contributed by atoms with Crippen molar-refractivity contribution in [2.75, 3.05) is 11.9 Å². The fraction of sp³-hybridized carbons (Fsp3) is 0.200. The Hall–Kier alpha value is -4.13. The Balaban J connectivity index is 1.50. The van der Waals surface area contributed by atoms with Crippen molar-refractivity contribution in [3.8, 4) is 0 Å². The van der Waals surface area contributed by atoms with Crippen LogP contribution in [-0.4, -0.2) is 41.2 Å². The van der Waals surface area contributed by atoms with Crippen molar-refractivity contribution in [1.82, 2.24) is 14.3 Å². The topological polar surface area (TPSA) is 166 Å². The molecule has 2 heterocycles. The van der Waals surface area contributed by atoms with Crippen LogP contribution in [0, 0.1) is 10.1 Å². The van der Waals surface area contributed by atoms with Gasteiger partial charge in [0.05, 0.1) is 27.0 Å². The number of aromatic nitrogens is 2. The van der Waals surface area contributed by atoms with E-state index in [2.05, 4.69) is 20.0 Å². The summed E-state index contributed by atoms with van der Waals surface area (Å²) in [4.78, 5) is 43.5. The molecule has 0 fully saturated rings. The molecule has 1 aliphatic rings. The van der Waals surface area contributed by atoms with Gasteiger partial charge in [-0.1, -0.05) is 6.07 Å². The van der Waals surface area contributed by atoms with Gasteiger partial charge in [0, 0.05) is 30.8 Å². The van der Waals surface area contributed by atoms with E-state index < -0.39 is 26.4 Å². The lowest BCUT2D eigenvalue weighted by Gasteiger charge is -2.11. The first-order valence-corrected chi connectivity index (χ1v) is 11.3. The largest absolute Gasteiger partial charge is 0.324 e. The number of nitrogens with one attached hydrogen (secondary N) is 2. The van der Waals surface area contributed by atoms with Crippen LogP contribution in [0.25, 0.3) is 10.9 Å². The number of sulfonamides is 1. The van der Waals surface area contributed by atoms with Crippen LogP contribution in [0.15, 0.2) is 63.5 Å². The molecule has 0 radical (unpaired) electrons. The third-order valence-corrected chi connectivity index (χ3v) is 6.27. The predicted molar refractivity (Wildman–Crippen MR) is 120 cm³/mol. The van der Waals surface area contributed by atoms with Crippen LogP contribution in [0.2, 0.25) is 0 Å². The Labute approximate surface area is 187 Å². The number of rotatable bonds is 6. The molecule has 0 unspecified atom stereocenters. The van der Waals surface area contributed by atoms with Crippen molar-refractivity contribution >= 4 is 44.0 Å². The summed E-state index contributed by atoms with van der Waals surface area (Å²) in [6.45, 7) is 0.193. The number of hydrogen-bond acceptors (Lipinski definition) is 8. The highest BCUT2D eigenvalue weighted by atomic mass is 32.2. The van der Waals surface area contributed by atoms with Gasteiger partial charge >= 0.3 is 0 Å². The van der Waals surface area contributed by atoms with Crippen LogP contribution in [0.4, 0.5) is 11.4 Å². The van der Waals surface area contributed by atoms with Gasteiger partial charge in [-0.3, -0.25) is 34.0 Å². The van der Waals surface area contributed by atoms with Gasteiger partial charge in [-0.15, -0.1) is 0 Å². The zero-order valence-corrected chi connectivity index (χ0v) is 17.9. The molecular formula is C20H18N6O6S. The molecule has 0 saturated heterocycles. The molecule has 33 heavy (non-hydrogen) atoms. The van der Waals surface area contributed by atoms with Crippen LogP contribution in [0.3, 0.4) is 0 Å². The average molecular weight is 470 g/mol. The van der Waals surface area contributed by atoms with Crippen molar-refractivity contribution in [3.05, 3.63) is 69.3 Å². The van der Waals surface area contributed by atoms with Gasteiger partial charge in [-0.25, -0.2) is 13.4 Å². The lowest BCUT2D eigenvalue weighted by Crippen LogP contribution is -2.29. The molecule has 0 aliphatic carbocycles. The van der Waals surface area contributed by atoms with E-state index in [9.17, 15) is 28.1 Å². The van der Waals surface area contributed by atoms with Gasteiger partial charge in [0.15, 0.2) is 0 Å². The number of nitrogens with zero attached hydrogens (tertiary/aromatic N) is 4. The van der Waals surface area contributed by atoms with E-state index in [4.69, 9.17) is 0 Å². The highest BCUT2D eigenvalue weighted by Crippen LogP contribution is 2.18. The summed E-state index contributed by atoms with van der Waals surface area (Å²) in [6.07, 6.45) is 2.46. The average Bonchev–Trinajstić information content (AvgIpc) is 3.28. The van der Waals surface area contributed by atoms with Crippen molar-refractivity contribution in [2.24, 2.45) is 4.99 Å². The molecule has 170 valence electrons. The smallest absolute Gasteiger partial charge is 0.271 e. The van der Waals surface area contributed by atoms with Crippen molar-refractivity contribution < 1.29 is 18.1 Å². The number of amidine groups is 1. The second-order valence-electron chi connectivity index (χ2n) is 7.25. The number of hydrogen-bond donors (Lipinski definition) is 2. The molecule has 4 rings (SSSR count). The summed E-state index contributed by atoms with van der Waals surface area (Å²) in [5.74, 6) is -0.180. The SMILES string of the molecule is O=C(Cn1cnc2cc([N+](=O)[O-])ccc2c1=O)Nc1cccc(S(=O)(=O)NC2=NCCC2)c1. The van der Waals surface area contributed by atoms with Gasteiger partial charge in [0.2, 0.25) is 5.91 Å². The number of nitro groups is 1. The molecule has 0 bridgehead atoms. The van der Waals surface area contributed by atoms with E-state index in [1.54, 1.807) is 0 Å². The fourth-order valence-electron chi connectivity index (χ4n) is 3.31. The van der Waals surface area contributed by atoms with Crippen molar-refractivity contribution in [1.29, 1.82) is 0 Å². The maximum Gasteiger partial charge on any atom is 0.271 e. The van der Waals surface area contributed by atoms with Crippen LogP contribution in [-0.2, 0) is 21.4 Å². The summed E-state index contributed by atoms with van der Waals surface area (Å²) in [7, 11) is -3.85. The first-order chi connectivity index (χ1) is 15.7.